The summed E-state index contributed by atoms with van der Waals surface area (Å²) in [4.78, 5) is 16.3. The molecule has 2 aliphatic rings. The number of methoxy groups -OCH3 is 1. The lowest BCUT2D eigenvalue weighted by atomic mass is 9.88. The second-order valence-corrected chi connectivity index (χ2v) is 5.32. The van der Waals surface area contributed by atoms with Gasteiger partial charge in [0.15, 0.2) is 0 Å². The third-order valence-electron chi connectivity index (χ3n) is 4.11. The minimum absolute atomic E-state index is 0.143. The van der Waals surface area contributed by atoms with Crippen LogP contribution in [0, 0.1) is 5.92 Å². The number of carbonyl (C=O) groups is 1. The van der Waals surface area contributed by atoms with E-state index in [9.17, 15) is 4.79 Å². The van der Waals surface area contributed by atoms with Gasteiger partial charge < -0.3 is 15.4 Å². The zero-order valence-electron chi connectivity index (χ0n) is 11.1. The number of aromatic nitrogens is 1. The Morgan fingerprint density at radius 1 is 1.53 bits per heavy atom. The summed E-state index contributed by atoms with van der Waals surface area (Å²) in [5, 5.41) is 6.49. The Hall–Kier alpha value is -1.62. The first-order chi connectivity index (χ1) is 9.26. The molecule has 3 rings (SSSR count). The normalized spacial score (nSPS) is 28.4. The first-order valence-electron chi connectivity index (χ1n) is 6.79. The molecule has 0 saturated carbocycles. The highest BCUT2D eigenvalue weighted by Crippen LogP contribution is 2.33. The largest absolute Gasteiger partial charge is 0.481 e. The van der Waals surface area contributed by atoms with Gasteiger partial charge in [0, 0.05) is 30.9 Å². The van der Waals surface area contributed by atoms with Gasteiger partial charge in [0.25, 0.3) is 0 Å². The van der Waals surface area contributed by atoms with E-state index in [4.69, 9.17) is 4.74 Å². The van der Waals surface area contributed by atoms with Crippen LogP contribution in [-0.2, 0) is 11.3 Å². The van der Waals surface area contributed by atoms with Crippen molar-refractivity contribution in [3.8, 4) is 5.88 Å². The van der Waals surface area contributed by atoms with E-state index in [1.807, 2.05) is 6.07 Å². The molecule has 2 fully saturated rings. The molecule has 1 amide bonds. The number of carbonyl (C=O) groups excluding carboxylic acids is 1. The molecule has 0 radical (unpaired) electrons. The molecule has 2 aliphatic heterocycles. The van der Waals surface area contributed by atoms with Crippen LogP contribution >= 0.6 is 0 Å². The Balaban J connectivity index is 1.52. The molecule has 1 aromatic rings. The third kappa shape index (κ3) is 2.56. The van der Waals surface area contributed by atoms with E-state index in [1.165, 1.54) is 6.42 Å². The summed E-state index contributed by atoms with van der Waals surface area (Å²) in [5.41, 5.74) is 0.991. The minimum atomic E-state index is 0.143. The predicted octanol–water partition coefficient (Wildman–Crippen LogP) is 0.847. The maximum absolute atomic E-state index is 12.1. The lowest BCUT2D eigenvalue weighted by Crippen LogP contribution is -2.37. The van der Waals surface area contributed by atoms with E-state index in [2.05, 4.69) is 15.6 Å². The molecular formula is C14H19N3O2. The van der Waals surface area contributed by atoms with Crippen molar-refractivity contribution in [2.45, 2.75) is 37.9 Å². The molecule has 19 heavy (non-hydrogen) atoms. The average molecular weight is 261 g/mol. The highest BCUT2D eigenvalue weighted by atomic mass is 16.5. The summed E-state index contributed by atoms with van der Waals surface area (Å²) < 4.78 is 5.00. The number of pyridine rings is 1. The fourth-order valence-corrected chi connectivity index (χ4v) is 3.07. The van der Waals surface area contributed by atoms with Crippen molar-refractivity contribution in [3.63, 3.8) is 0 Å². The molecule has 1 aromatic heterocycles. The number of amides is 1. The van der Waals surface area contributed by atoms with Crippen molar-refractivity contribution in [1.29, 1.82) is 0 Å². The molecule has 2 saturated heterocycles. The zero-order chi connectivity index (χ0) is 13.2. The van der Waals surface area contributed by atoms with Crippen LogP contribution in [0.2, 0.25) is 0 Å². The van der Waals surface area contributed by atoms with E-state index in [-0.39, 0.29) is 11.8 Å². The van der Waals surface area contributed by atoms with Crippen molar-refractivity contribution in [1.82, 2.24) is 15.6 Å². The number of fused-ring (bicyclic) bond motifs is 2. The zero-order valence-corrected chi connectivity index (χ0v) is 11.1. The predicted molar refractivity (Wildman–Crippen MR) is 70.7 cm³/mol. The van der Waals surface area contributed by atoms with Crippen LogP contribution < -0.4 is 15.4 Å². The first kappa shape index (κ1) is 12.4. The van der Waals surface area contributed by atoms with Crippen molar-refractivity contribution in [3.05, 3.63) is 23.9 Å². The van der Waals surface area contributed by atoms with E-state index in [0.717, 1.165) is 18.4 Å². The van der Waals surface area contributed by atoms with E-state index < -0.39 is 0 Å². The van der Waals surface area contributed by atoms with Crippen LogP contribution in [0.4, 0.5) is 0 Å². The van der Waals surface area contributed by atoms with Gasteiger partial charge in [-0.2, -0.15) is 0 Å². The molecule has 0 spiro atoms. The van der Waals surface area contributed by atoms with Gasteiger partial charge in [-0.3, -0.25) is 4.79 Å². The van der Waals surface area contributed by atoms with Crippen molar-refractivity contribution >= 4 is 5.91 Å². The molecule has 3 unspecified atom stereocenters. The minimum Gasteiger partial charge on any atom is -0.481 e. The Morgan fingerprint density at radius 3 is 3.00 bits per heavy atom. The van der Waals surface area contributed by atoms with Crippen LogP contribution in [0.25, 0.3) is 0 Å². The second kappa shape index (κ2) is 5.17. The first-order valence-corrected chi connectivity index (χ1v) is 6.79. The molecule has 2 N–H and O–H groups in total. The van der Waals surface area contributed by atoms with Crippen molar-refractivity contribution in [2.75, 3.05) is 7.11 Å². The summed E-state index contributed by atoms with van der Waals surface area (Å²) in [6.45, 7) is 0.531. The molecule has 3 heterocycles. The smallest absolute Gasteiger partial charge is 0.225 e. The molecule has 0 aromatic carbocycles. The lowest BCUT2D eigenvalue weighted by Gasteiger charge is -2.19. The molecule has 0 aliphatic carbocycles. The number of ether oxygens (including phenoxy) is 1. The van der Waals surface area contributed by atoms with Crippen LogP contribution in [0.1, 0.15) is 24.8 Å². The number of nitrogens with zero attached hydrogens (tertiary/aromatic N) is 1. The summed E-state index contributed by atoms with van der Waals surface area (Å²) in [6.07, 6.45) is 5.07. The van der Waals surface area contributed by atoms with Gasteiger partial charge >= 0.3 is 0 Å². The lowest BCUT2D eigenvalue weighted by molar-refractivity contribution is -0.125. The maximum atomic E-state index is 12.1. The monoisotopic (exact) mass is 261 g/mol. The van der Waals surface area contributed by atoms with Gasteiger partial charge in [-0.1, -0.05) is 6.07 Å². The molecule has 2 bridgehead atoms. The molecule has 3 atom stereocenters. The van der Waals surface area contributed by atoms with Gasteiger partial charge in [-0.15, -0.1) is 0 Å². The molecule has 102 valence electrons. The highest BCUT2D eigenvalue weighted by molar-refractivity contribution is 5.80. The van der Waals surface area contributed by atoms with E-state index in [1.54, 1.807) is 19.4 Å². The summed E-state index contributed by atoms with van der Waals surface area (Å²) in [7, 11) is 1.59. The molecular weight excluding hydrogens is 242 g/mol. The van der Waals surface area contributed by atoms with Crippen LogP contribution in [0.5, 0.6) is 5.88 Å². The van der Waals surface area contributed by atoms with Gasteiger partial charge in [0.05, 0.1) is 13.0 Å². The Kier molecular flexibility index (Phi) is 3.38. The fraction of sp³-hybridized carbons (Fsp3) is 0.571. The number of hydrogen-bond acceptors (Lipinski definition) is 4. The van der Waals surface area contributed by atoms with Crippen molar-refractivity contribution in [2.24, 2.45) is 5.92 Å². The molecule has 5 heteroatoms. The van der Waals surface area contributed by atoms with E-state index in [0.29, 0.717) is 24.5 Å². The van der Waals surface area contributed by atoms with Crippen LogP contribution in [0.15, 0.2) is 18.3 Å². The summed E-state index contributed by atoms with van der Waals surface area (Å²) in [5.74, 6) is 0.896. The summed E-state index contributed by atoms with van der Waals surface area (Å²) >= 11 is 0. The number of nitrogens with one attached hydrogen (secondary N) is 2. The van der Waals surface area contributed by atoms with Gasteiger partial charge in [-0.05, 0) is 24.8 Å². The van der Waals surface area contributed by atoms with Crippen LogP contribution in [0.3, 0.4) is 0 Å². The Labute approximate surface area is 112 Å². The third-order valence-corrected chi connectivity index (χ3v) is 4.11. The number of hydrogen-bond donors (Lipinski definition) is 2. The van der Waals surface area contributed by atoms with Crippen molar-refractivity contribution < 1.29 is 9.53 Å². The van der Waals surface area contributed by atoms with Gasteiger partial charge in [-0.25, -0.2) is 4.98 Å². The SMILES string of the molecule is COc1ccc(CNC(=O)C2CC3CCC2N3)cn1. The van der Waals surface area contributed by atoms with Gasteiger partial charge in [0.2, 0.25) is 11.8 Å². The second-order valence-electron chi connectivity index (χ2n) is 5.32. The van der Waals surface area contributed by atoms with Gasteiger partial charge in [0.1, 0.15) is 0 Å². The number of rotatable bonds is 4. The summed E-state index contributed by atoms with van der Waals surface area (Å²) in [6, 6.07) is 4.67. The fourth-order valence-electron chi connectivity index (χ4n) is 3.07. The molecule has 5 nitrogen and oxygen atoms in total. The topological polar surface area (TPSA) is 63.2 Å². The standard InChI is InChI=1S/C14H19N3O2/c1-19-13-5-2-9(7-15-13)8-16-14(18)11-6-10-3-4-12(11)17-10/h2,5,7,10-12,17H,3-4,6,8H2,1H3,(H,16,18). The maximum Gasteiger partial charge on any atom is 0.225 e. The highest BCUT2D eigenvalue weighted by Gasteiger charge is 2.42. The Bertz CT molecular complexity index is 460. The Morgan fingerprint density at radius 2 is 2.42 bits per heavy atom. The van der Waals surface area contributed by atoms with Crippen LogP contribution in [-0.4, -0.2) is 30.1 Å². The quantitative estimate of drug-likeness (QED) is 0.843. The average Bonchev–Trinajstić information content (AvgIpc) is 3.08. The van der Waals surface area contributed by atoms with E-state index >= 15 is 0 Å².